The third kappa shape index (κ3) is 3.48. The molecule has 9 heteroatoms. The van der Waals surface area contributed by atoms with Gasteiger partial charge in [-0.25, -0.2) is 16.8 Å². The molecule has 0 fully saturated rings. The first-order valence-corrected chi connectivity index (χ1v) is 10.6. The van der Waals surface area contributed by atoms with Crippen LogP contribution in [-0.4, -0.2) is 33.2 Å². The van der Waals surface area contributed by atoms with Crippen LogP contribution in [0.4, 0.5) is 4.39 Å². The molecule has 1 unspecified atom stereocenters. The summed E-state index contributed by atoms with van der Waals surface area (Å²) < 4.78 is 42.9. The van der Waals surface area contributed by atoms with E-state index < -0.39 is 27.7 Å². The number of rotatable bonds is 6. The van der Waals surface area contributed by atoms with Crippen LogP contribution in [0, 0.1) is 11.7 Å². The molecule has 2 aromatic carbocycles. The maximum atomic E-state index is 14.0. The lowest BCUT2D eigenvalue weighted by molar-refractivity contribution is -0.141. The van der Waals surface area contributed by atoms with Crippen molar-refractivity contribution in [3.8, 4) is 11.1 Å². The molecule has 7 nitrogen and oxygen atoms in total. The van der Waals surface area contributed by atoms with Crippen molar-refractivity contribution in [1.82, 2.24) is 13.8 Å². The summed E-state index contributed by atoms with van der Waals surface area (Å²) in [6.45, 7) is 1.75. The fraction of sp³-hybridized carbons (Fsp3) is 0.143. The van der Waals surface area contributed by atoms with E-state index in [1.807, 2.05) is 0 Å². The summed E-state index contributed by atoms with van der Waals surface area (Å²) in [5.74, 6) is -2.12. The van der Waals surface area contributed by atoms with E-state index in [2.05, 4.69) is 5.10 Å². The smallest absolute Gasteiger partial charge is 0.308 e. The highest BCUT2D eigenvalue weighted by atomic mass is 32.2. The minimum atomic E-state index is -3.95. The lowest BCUT2D eigenvalue weighted by Crippen LogP contribution is -2.16. The second kappa shape index (κ2) is 7.42. The Balaban J connectivity index is 1.86. The van der Waals surface area contributed by atoms with E-state index >= 15 is 0 Å². The summed E-state index contributed by atoms with van der Waals surface area (Å²) in [6.07, 6.45) is 4.62. The second-order valence-electron chi connectivity index (χ2n) is 7.01. The van der Waals surface area contributed by atoms with Crippen LogP contribution in [0.3, 0.4) is 0 Å². The predicted molar refractivity (Wildman–Crippen MR) is 109 cm³/mol. The monoisotopic (exact) mass is 427 g/mol. The zero-order valence-electron chi connectivity index (χ0n) is 15.9. The number of aromatic nitrogens is 3. The second-order valence-corrected chi connectivity index (χ2v) is 8.82. The van der Waals surface area contributed by atoms with Gasteiger partial charge in [0.2, 0.25) is 0 Å². The van der Waals surface area contributed by atoms with E-state index in [1.165, 1.54) is 47.4 Å². The Morgan fingerprint density at radius 2 is 1.90 bits per heavy atom. The molecule has 1 atom stereocenters. The van der Waals surface area contributed by atoms with Gasteiger partial charge in [0.05, 0.1) is 29.1 Å². The summed E-state index contributed by atoms with van der Waals surface area (Å²) in [7, 11) is -3.95. The summed E-state index contributed by atoms with van der Waals surface area (Å²) in [6, 6.07) is 11.9. The molecule has 2 heterocycles. The molecular weight excluding hydrogens is 409 g/mol. The number of nitrogens with zero attached hydrogens (tertiary/aromatic N) is 3. The Morgan fingerprint density at radius 1 is 1.17 bits per heavy atom. The Bertz CT molecular complexity index is 1340. The van der Waals surface area contributed by atoms with Crippen molar-refractivity contribution >= 4 is 26.9 Å². The summed E-state index contributed by atoms with van der Waals surface area (Å²) in [5.41, 5.74) is 1.37. The fourth-order valence-electron chi connectivity index (χ4n) is 3.27. The molecule has 4 aromatic rings. The number of benzene rings is 2. The molecule has 30 heavy (non-hydrogen) atoms. The van der Waals surface area contributed by atoms with Crippen molar-refractivity contribution in [2.45, 2.75) is 18.4 Å². The minimum Gasteiger partial charge on any atom is -0.481 e. The first-order valence-electron chi connectivity index (χ1n) is 9.14. The number of hydrogen-bond acceptors (Lipinski definition) is 4. The SMILES string of the molecule is CC(Cn1cc(-c2cn(S(=O)(=O)c3ccccc3)c3cc(F)ccc23)cn1)C(=O)O. The normalized spacial score (nSPS) is 12.9. The summed E-state index contributed by atoms with van der Waals surface area (Å²) in [5, 5.41) is 13.8. The average molecular weight is 427 g/mol. The topological polar surface area (TPSA) is 94.2 Å². The van der Waals surface area contributed by atoms with Crippen molar-refractivity contribution in [3.05, 3.63) is 72.9 Å². The van der Waals surface area contributed by atoms with Crippen molar-refractivity contribution in [3.63, 3.8) is 0 Å². The minimum absolute atomic E-state index is 0.0867. The van der Waals surface area contributed by atoms with E-state index in [1.54, 1.807) is 31.3 Å². The predicted octanol–water partition coefficient (Wildman–Crippen LogP) is 3.60. The number of carboxylic acids is 1. The van der Waals surface area contributed by atoms with E-state index in [4.69, 9.17) is 5.11 Å². The molecule has 0 bridgehead atoms. The number of hydrogen-bond donors (Lipinski definition) is 1. The summed E-state index contributed by atoms with van der Waals surface area (Å²) >= 11 is 0. The summed E-state index contributed by atoms with van der Waals surface area (Å²) in [4.78, 5) is 11.2. The lowest BCUT2D eigenvalue weighted by Gasteiger charge is -2.07. The Kier molecular flexibility index (Phi) is 4.90. The van der Waals surface area contributed by atoms with Gasteiger partial charge in [-0.05, 0) is 30.3 Å². The maximum Gasteiger partial charge on any atom is 0.308 e. The number of carbonyl (C=O) groups is 1. The van der Waals surface area contributed by atoms with Crippen molar-refractivity contribution in [2.24, 2.45) is 5.92 Å². The molecule has 1 N–H and O–H groups in total. The van der Waals surface area contributed by atoms with Gasteiger partial charge >= 0.3 is 5.97 Å². The van der Waals surface area contributed by atoms with Gasteiger partial charge in [0.1, 0.15) is 5.82 Å². The fourth-order valence-corrected chi connectivity index (χ4v) is 4.65. The highest BCUT2D eigenvalue weighted by molar-refractivity contribution is 7.90. The van der Waals surface area contributed by atoms with Gasteiger partial charge < -0.3 is 5.11 Å². The third-order valence-electron chi connectivity index (χ3n) is 4.86. The van der Waals surface area contributed by atoms with Crippen LogP contribution in [0.5, 0.6) is 0 Å². The molecule has 0 aliphatic rings. The molecule has 0 spiro atoms. The quantitative estimate of drug-likeness (QED) is 0.507. The van der Waals surface area contributed by atoms with E-state index in [-0.39, 0.29) is 17.0 Å². The molecule has 0 saturated carbocycles. The van der Waals surface area contributed by atoms with Gasteiger partial charge in [-0.1, -0.05) is 25.1 Å². The molecular formula is C21H18FN3O4S. The first kappa shape index (κ1) is 19.8. The van der Waals surface area contributed by atoms with E-state index in [0.717, 1.165) is 3.97 Å². The first-order chi connectivity index (χ1) is 14.3. The number of carboxylic acid groups (broad SMARTS) is 1. The highest BCUT2D eigenvalue weighted by Gasteiger charge is 2.23. The van der Waals surface area contributed by atoms with Gasteiger partial charge in [-0.2, -0.15) is 5.10 Å². The zero-order chi connectivity index (χ0) is 21.5. The average Bonchev–Trinajstić information content (AvgIpc) is 3.33. The van der Waals surface area contributed by atoms with Gasteiger partial charge in [-0.15, -0.1) is 0 Å². The third-order valence-corrected chi connectivity index (χ3v) is 6.55. The molecule has 0 amide bonds. The largest absolute Gasteiger partial charge is 0.481 e. The van der Waals surface area contributed by atoms with Crippen LogP contribution < -0.4 is 0 Å². The van der Waals surface area contributed by atoms with Crippen molar-refractivity contribution in [2.75, 3.05) is 0 Å². The van der Waals surface area contributed by atoms with Gasteiger partial charge in [0.25, 0.3) is 10.0 Å². The van der Waals surface area contributed by atoms with Crippen LogP contribution >= 0.6 is 0 Å². The maximum absolute atomic E-state index is 14.0. The molecule has 2 aromatic heterocycles. The molecule has 4 rings (SSSR count). The van der Waals surface area contributed by atoms with Crippen LogP contribution in [0.2, 0.25) is 0 Å². The van der Waals surface area contributed by atoms with Crippen molar-refractivity contribution in [1.29, 1.82) is 0 Å². The van der Waals surface area contributed by atoms with Crippen molar-refractivity contribution < 1.29 is 22.7 Å². The Labute approximate surface area is 172 Å². The Morgan fingerprint density at radius 3 is 2.60 bits per heavy atom. The van der Waals surface area contributed by atoms with Crippen LogP contribution in [0.1, 0.15) is 6.92 Å². The van der Waals surface area contributed by atoms with E-state index in [0.29, 0.717) is 16.5 Å². The van der Waals surface area contributed by atoms with Crippen LogP contribution in [0.25, 0.3) is 22.0 Å². The lowest BCUT2D eigenvalue weighted by atomic mass is 10.1. The van der Waals surface area contributed by atoms with E-state index in [9.17, 15) is 17.6 Å². The highest BCUT2D eigenvalue weighted by Crippen LogP contribution is 2.33. The molecule has 154 valence electrons. The van der Waals surface area contributed by atoms with Crippen LogP contribution in [0.15, 0.2) is 72.0 Å². The molecule has 0 aliphatic heterocycles. The number of fused-ring (bicyclic) bond motifs is 1. The van der Waals surface area contributed by atoms with Gasteiger partial charge in [0, 0.05) is 28.9 Å². The molecule has 0 radical (unpaired) electrons. The standard InChI is InChI=1S/C21H18FN3O4S/c1-14(21(26)27)11-24-12-15(10-23-24)19-13-25(20-9-16(22)7-8-18(19)20)30(28,29)17-5-3-2-4-6-17/h2-10,12-14H,11H2,1H3,(H,26,27). The van der Waals surface area contributed by atoms with Crippen LogP contribution in [-0.2, 0) is 21.4 Å². The van der Waals surface area contributed by atoms with Gasteiger partial charge in [0.15, 0.2) is 0 Å². The van der Waals surface area contributed by atoms with Gasteiger partial charge in [-0.3, -0.25) is 9.48 Å². The number of aliphatic carboxylic acids is 1. The zero-order valence-corrected chi connectivity index (χ0v) is 16.8. The molecule has 0 saturated heterocycles. The Hall–Kier alpha value is -3.46. The molecule has 0 aliphatic carbocycles. The number of halogens is 1.